The van der Waals surface area contributed by atoms with Crippen LogP contribution in [0.15, 0.2) is 0 Å². The molecule has 5 atom stereocenters. The van der Waals surface area contributed by atoms with Crippen LogP contribution in [0.2, 0.25) is 0 Å². The Morgan fingerprint density at radius 1 is 0.270 bits per heavy atom. The zero-order valence-electron chi connectivity index (χ0n) is 65.5. The molecule has 0 aliphatic rings. The van der Waals surface area contributed by atoms with E-state index in [0.717, 1.165) is 108 Å². The van der Waals surface area contributed by atoms with Crippen LogP contribution in [-0.4, -0.2) is 96.7 Å². The Morgan fingerprint density at radius 3 is 0.680 bits per heavy atom. The second-order valence-corrected chi connectivity index (χ2v) is 33.0. The Hall–Kier alpha value is -1.94. The molecule has 594 valence electrons. The molecule has 0 heterocycles. The topological polar surface area (TPSA) is 237 Å². The Labute approximate surface area is 613 Å². The van der Waals surface area contributed by atoms with Crippen molar-refractivity contribution in [1.29, 1.82) is 0 Å². The van der Waals surface area contributed by atoms with Gasteiger partial charge >= 0.3 is 39.5 Å². The van der Waals surface area contributed by atoms with Crippen molar-refractivity contribution in [2.75, 3.05) is 39.6 Å². The largest absolute Gasteiger partial charge is 0.472 e. The molecule has 17 nitrogen and oxygen atoms in total. The number of rotatable bonds is 80. The zero-order valence-corrected chi connectivity index (χ0v) is 67.3. The smallest absolute Gasteiger partial charge is 0.462 e. The van der Waals surface area contributed by atoms with E-state index in [0.29, 0.717) is 25.7 Å². The molecule has 0 aliphatic heterocycles. The fourth-order valence-electron chi connectivity index (χ4n) is 12.5. The van der Waals surface area contributed by atoms with Gasteiger partial charge in [-0.15, -0.1) is 0 Å². The number of aliphatic hydroxyl groups is 1. The number of carbonyl (C=O) groups excluding carboxylic acids is 4. The van der Waals surface area contributed by atoms with Crippen molar-refractivity contribution in [3.63, 3.8) is 0 Å². The number of aliphatic hydroxyl groups excluding tert-OH is 1. The monoisotopic (exact) mass is 1470 g/mol. The van der Waals surface area contributed by atoms with Crippen LogP contribution >= 0.6 is 15.6 Å². The zero-order chi connectivity index (χ0) is 73.5. The molecule has 2 unspecified atom stereocenters. The lowest BCUT2D eigenvalue weighted by Crippen LogP contribution is -2.30. The second kappa shape index (κ2) is 72.6. The lowest BCUT2D eigenvalue weighted by atomic mass is 10.0. The summed E-state index contributed by atoms with van der Waals surface area (Å²) in [5.41, 5.74) is 0. The average molecular weight is 1470 g/mol. The first kappa shape index (κ1) is 98.1. The van der Waals surface area contributed by atoms with Gasteiger partial charge < -0.3 is 33.8 Å². The molecular formula is C81H158O17P2. The van der Waals surface area contributed by atoms with Gasteiger partial charge in [0.2, 0.25) is 0 Å². The third-order valence-corrected chi connectivity index (χ3v) is 20.9. The van der Waals surface area contributed by atoms with Crippen LogP contribution in [-0.2, 0) is 65.4 Å². The van der Waals surface area contributed by atoms with Gasteiger partial charge in [0.15, 0.2) is 12.2 Å². The number of esters is 4. The van der Waals surface area contributed by atoms with Crippen LogP contribution < -0.4 is 0 Å². The van der Waals surface area contributed by atoms with Gasteiger partial charge in [0.1, 0.15) is 19.3 Å². The highest BCUT2D eigenvalue weighted by molar-refractivity contribution is 7.47. The average Bonchev–Trinajstić information content (AvgIpc) is 0.913. The predicted molar refractivity (Wildman–Crippen MR) is 409 cm³/mol. The quantitative estimate of drug-likeness (QED) is 0.0222. The third-order valence-electron chi connectivity index (χ3n) is 19.0. The summed E-state index contributed by atoms with van der Waals surface area (Å²) in [5.74, 6) is -0.547. The summed E-state index contributed by atoms with van der Waals surface area (Å²) in [7, 11) is -9.92. The van der Waals surface area contributed by atoms with E-state index in [1.54, 1.807) is 0 Å². The van der Waals surface area contributed by atoms with Gasteiger partial charge in [-0.1, -0.05) is 375 Å². The highest BCUT2D eigenvalue weighted by atomic mass is 31.2. The summed E-state index contributed by atoms with van der Waals surface area (Å²) < 4.78 is 68.6. The van der Waals surface area contributed by atoms with Crippen LogP contribution in [0.25, 0.3) is 0 Å². The Bertz CT molecular complexity index is 1920. The molecule has 0 fully saturated rings. The van der Waals surface area contributed by atoms with Crippen molar-refractivity contribution in [3.8, 4) is 0 Å². The first-order chi connectivity index (χ1) is 48.4. The molecule has 0 aliphatic carbocycles. The van der Waals surface area contributed by atoms with Gasteiger partial charge in [0.05, 0.1) is 26.4 Å². The molecule has 3 N–H and O–H groups in total. The van der Waals surface area contributed by atoms with Crippen LogP contribution in [0.1, 0.15) is 427 Å². The summed E-state index contributed by atoms with van der Waals surface area (Å²) in [4.78, 5) is 72.9. The van der Waals surface area contributed by atoms with Crippen molar-refractivity contribution in [1.82, 2.24) is 0 Å². The van der Waals surface area contributed by atoms with E-state index in [1.807, 2.05) is 0 Å². The summed E-state index contributed by atoms with van der Waals surface area (Å²) in [6, 6.07) is 0. The van der Waals surface area contributed by atoms with E-state index in [9.17, 15) is 43.2 Å². The maximum atomic E-state index is 13.1. The highest BCUT2D eigenvalue weighted by Gasteiger charge is 2.30. The molecule has 0 amide bonds. The molecule has 0 aromatic carbocycles. The summed E-state index contributed by atoms with van der Waals surface area (Å²) >= 11 is 0. The fourth-order valence-corrected chi connectivity index (χ4v) is 14.1. The molecule has 0 saturated carbocycles. The maximum absolute atomic E-state index is 13.1. The molecule has 0 radical (unpaired) electrons. The van der Waals surface area contributed by atoms with Gasteiger partial charge in [-0.05, 0) is 37.5 Å². The second-order valence-electron chi connectivity index (χ2n) is 30.1. The number of carbonyl (C=O) groups is 4. The molecule has 0 saturated heterocycles. The Kier molecular flexibility index (Phi) is 71.2. The molecule has 0 aromatic rings. The van der Waals surface area contributed by atoms with E-state index in [2.05, 4.69) is 41.5 Å². The molecule has 0 spiro atoms. The predicted octanol–water partition coefficient (Wildman–Crippen LogP) is 24.3. The van der Waals surface area contributed by atoms with Gasteiger partial charge in [-0.25, -0.2) is 9.13 Å². The first-order valence-electron chi connectivity index (χ1n) is 42.0. The molecule has 100 heavy (non-hydrogen) atoms. The number of unbranched alkanes of at least 4 members (excludes halogenated alkanes) is 50. The van der Waals surface area contributed by atoms with E-state index in [-0.39, 0.29) is 25.7 Å². The van der Waals surface area contributed by atoms with E-state index in [1.165, 1.54) is 238 Å². The lowest BCUT2D eigenvalue weighted by molar-refractivity contribution is -0.161. The van der Waals surface area contributed by atoms with Crippen molar-refractivity contribution >= 4 is 39.5 Å². The molecule has 19 heteroatoms. The summed E-state index contributed by atoms with van der Waals surface area (Å²) in [6.07, 6.45) is 62.6. The highest BCUT2D eigenvalue weighted by Crippen LogP contribution is 2.45. The maximum Gasteiger partial charge on any atom is 0.472 e. The minimum absolute atomic E-state index is 0.106. The molecule has 0 bridgehead atoms. The number of ether oxygens (including phenoxy) is 4. The van der Waals surface area contributed by atoms with Crippen LogP contribution in [0, 0.1) is 11.8 Å². The Morgan fingerprint density at radius 2 is 0.460 bits per heavy atom. The van der Waals surface area contributed by atoms with Crippen LogP contribution in [0.4, 0.5) is 0 Å². The lowest BCUT2D eigenvalue weighted by Gasteiger charge is -2.21. The van der Waals surface area contributed by atoms with Gasteiger partial charge in [-0.2, -0.15) is 0 Å². The molecule has 0 rings (SSSR count). The van der Waals surface area contributed by atoms with Crippen molar-refractivity contribution in [2.24, 2.45) is 11.8 Å². The molecule has 0 aromatic heterocycles. The van der Waals surface area contributed by atoms with Crippen molar-refractivity contribution < 1.29 is 80.2 Å². The van der Waals surface area contributed by atoms with E-state index < -0.39 is 97.5 Å². The van der Waals surface area contributed by atoms with E-state index in [4.69, 9.17) is 37.0 Å². The molecular weight excluding hydrogens is 1310 g/mol. The standard InChI is InChI=1S/C81H158O17P2/c1-7-9-11-13-15-17-18-19-20-21-22-23-24-25-26-31-36-41-47-53-59-65-80(85)98-77(70-92-79(84)64-58-52-46-40-35-30-28-27-29-33-38-43-49-55-61-73(3)4)72-96-100(89,90)94-68-75(82)67-93-99(87,88)95-71-76(69-91-78(83)63-57-51-45-16-14-12-10-8-2)97-81(86)66-60-54-48-42-37-32-34-39-44-50-56-62-74(5)6/h73-77,82H,7-72H2,1-6H3,(H,87,88)(H,89,90)/t75-,76+,77+/m0/s1. The van der Waals surface area contributed by atoms with Crippen LogP contribution in [0.5, 0.6) is 0 Å². The van der Waals surface area contributed by atoms with Gasteiger partial charge in [0, 0.05) is 25.7 Å². The van der Waals surface area contributed by atoms with Gasteiger partial charge in [-0.3, -0.25) is 37.3 Å². The first-order valence-corrected chi connectivity index (χ1v) is 45.0. The number of phosphoric acid groups is 2. The third kappa shape index (κ3) is 74.3. The number of phosphoric ester groups is 2. The SMILES string of the molecule is CCCCCCCCCCCCCCCCCCCCCCCC(=O)O[C@H](COC(=O)CCCCCCCCCCCCCCCCC(C)C)COP(=O)(O)OC[C@@H](O)COP(=O)(O)OC[C@@H](COC(=O)CCCCCCCCCC)OC(=O)CCCCCCCCCCCCCC(C)C. The number of hydrogen-bond donors (Lipinski definition) is 3. The minimum Gasteiger partial charge on any atom is -0.462 e. The van der Waals surface area contributed by atoms with Crippen molar-refractivity contribution in [3.05, 3.63) is 0 Å². The van der Waals surface area contributed by atoms with Crippen LogP contribution in [0.3, 0.4) is 0 Å². The Balaban J connectivity index is 5.19. The minimum atomic E-state index is -4.96. The number of hydrogen-bond acceptors (Lipinski definition) is 15. The van der Waals surface area contributed by atoms with Gasteiger partial charge in [0.25, 0.3) is 0 Å². The summed E-state index contributed by atoms with van der Waals surface area (Å²) in [5, 5.41) is 10.6. The van der Waals surface area contributed by atoms with Crippen molar-refractivity contribution in [2.45, 2.75) is 445 Å². The summed E-state index contributed by atoms with van der Waals surface area (Å²) in [6.45, 7) is 9.63. The normalized spacial score (nSPS) is 13.9. The van der Waals surface area contributed by atoms with E-state index >= 15 is 0 Å². The fraction of sp³-hybridized carbons (Fsp3) is 0.951.